The standard InChI is InChI=1S/C17H15NO2/c1-11-5-4-6-15(12(11)2)13-7-8-16(17(19)20-3)14(9-13)10-18/h4-9H,1-3H3. The molecule has 3 nitrogen and oxygen atoms in total. The van der Waals surface area contributed by atoms with Crippen molar-refractivity contribution in [3.63, 3.8) is 0 Å². The highest BCUT2D eigenvalue weighted by molar-refractivity contribution is 5.93. The number of nitriles is 1. The summed E-state index contributed by atoms with van der Waals surface area (Å²) in [6.45, 7) is 4.10. The molecule has 0 saturated heterocycles. The van der Waals surface area contributed by atoms with Crippen molar-refractivity contribution in [2.24, 2.45) is 0 Å². The first kappa shape index (κ1) is 13.8. The molecular weight excluding hydrogens is 250 g/mol. The zero-order valence-electron chi connectivity index (χ0n) is 11.7. The van der Waals surface area contributed by atoms with Gasteiger partial charge in [-0.2, -0.15) is 5.26 Å². The van der Waals surface area contributed by atoms with E-state index in [-0.39, 0.29) is 0 Å². The van der Waals surface area contributed by atoms with Gasteiger partial charge < -0.3 is 4.74 Å². The molecule has 100 valence electrons. The fourth-order valence-electron chi connectivity index (χ4n) is 2.16. The van der Waals surface area contributed by atoms with Crippen molar-refractivity contribution < 1.29 is 9.53 Å². The number of carbonyl (C=O) groups excluding carboxylic acids is 1. The van der Waals surface area contributed by atoms with E-state index in [1.807, 2.05) is 38.1 Å². The molecule has 2 aromatic carbocycles. The molecule has 0 aliphatic rings. The lowest BCUT2D eigenvalue weighted by Crippen LogP contribution is -2.04. The van der Waals surface area contributed by atoms with Gasteiger partial charge in [-0.25, -0.2) is 4.79 Å². The molecular formula is C17H15NO2. The van der Waals surface area contributed by atoms with Gasteiger partial charge >= 0.3 is 5.97 Å². The van der Waals surface area contributed by atoms with Crippen LogP contribution in [0.2, 0.25) is 0 Å². The lowest BCUT2D eigenvalue weighted by atomic mass is 9.94. The summed E-state index contributed by atoms with van der Waals surface area (Å²) in [5, 5.41) is 9.20. The summed E-state index contributed by atoms with van der Waals surface area (Å²) >= 11 is 0. The lowest BCUT2D eigenvalue weighted by Gasteiger charge is -2.10. The Morgan fingerprint density at radius 3 is 2.60 bits per heavy atom. The molecule has 0 bridgehead atoms. The number of ether oxygens (including phenoxy) is 1. The van der Waals surface area contributed by atoms with Crippen molar-refractivity contribution in [1.29, 1.82) is 5.26 Å². The first-order valence-electron chi connectivity index (χ1n) is 6.27. The second-order valence-corrected chi connectivity index (χ2v) is 4.61. The van der Waals surface area contributed by atoms with E-state index in [4.69, 9.17) is 0 Å². The summed E-state index contributed by atoms with van der Waals surface area (Å²) in [6, 6.07) is 13.3. The number of hydrogen-bond donors (Lipinski definition) is 0. The van der Waals surface area contributed by atoms with Crippen molar-refractivity contribution in [3.05, 3.63) is 58.7 Å². The van der Waals surface area contributed by atoms with E-state index in [0.717, 1.165) is 11.1 Å². The van der Waals surface area contributed by atoms with E-state index in [0.29, 0.717) is 11.1 Å². The molecule has 0 aliphatic carbocycles. The van der Waals surface area contributed by atoms with Gasteiger partial charge in [0.1, 0.15) is 6.07 Å². The summed E-state index contributed by atoms with van der Waals surface area (Å²) in [4.78, 5) is 11.6. The first-order valence-corrected chi connectivity index (χ1v) is 6.27. The predicted octanol–water partition coefficient (Wildman–Crippen LogP) is 3.63. The van der Waals surface area contributed by atoms with Crippen LogP contribution in [-0.2, 0) is 4.74 Å². The van der Waals surface area contributed by atoms with Crippen LogP contribution in [0.3, 0.4) is 0 Å². The van der Waals surface area contributed by atoms with Crippen molar-refractivity contribution in [2.75, 3.05) is 7.11 Å². The van der Waals surface area contributed by atoms with Crippen LogP contribution in [0, 0.1) is 25.2 Å². The number of methoxy groups -OCH3 is 1. The van der Waals surface area contributed by atoms with Gasteiger partial charge in [0.15, 0.2) is 0 Å². The molecule has 2 aromatic rings. The van der Waals surface area contributed by atoms with Gasteiger partial charge in [0.05, 0.1) is 18.2 Å². The Labute approximate surface area is 118 Å². The molecule has 0 heterocycles. The highest BCUT2D eigenvalue weighted by Gasteiger charge is 2.13. The monoisotopic (exact) mass is 265 g/mol. The van der Waals surface area contributed by atoms with Crippen LogP contribution in [0.25, 0.3) is 11.1 Å². The summed E-state index contributed by atoms with van der Waals surface area (Å²) in [5.74, 6) is -0.492. The third kappa shape index (κ3) is 2.41. The van der Waals surface area contributed by atoms with Crippen LogP contribution >= 0.6 is 0 Å². The number of carbonyl (C=O) groups is 1. The fourth-order valence-corrected chi connectivity index (χ4v) is 2.16. The maximum atomic E-state index is 11.6. The summed E-state index contributed by atoms with van der Waals surface area (Å²) in [5.41, 5.74) is 4.98. The molecule has 0 unspecified atom stereocenters. The van der Waals surface area contributed by atoms with Gasteiger partial charge in [-0.1, -0.05) is 24.3 Å². The van der Waals surface area contributed by atoms with E-state index in [9.17, 15) is 10.1 Å². The third-order valence-electron chi connectivity index (χ3n) is 3.46. The number of aryl methyl sites for hydroxylation is 1. The zero-order chi connectivity index (χ0) is 14.7. The highest BCUT2D eigenvalue weighted by Crippen LogP contribution is 2.27. The summed E-state index contributed by atoms with van der Waals surface area (Å²) in [7, 11) is 1.31. The van der Waals surface area contributed by atoms with Gasteiger partial charge in [-0.3, -0.25) is 0 Å². The normalized spacial score (nSPS) is 9.90. The van der Waals surface area contributed by atoms with Crippen LogP contribution < -0.4 is 0 Å². The van der Waals surface area contributed by atoms with Gasteiger partial charge in [0, 0.05) is 0 Å². The first-order chi connectivity index (χ1) is 9.58. The molecule has 0 aliphatic heterocycles. The van der Waals surface area contributed by atoms with Gasteiger partial charge in [0.2, 0.25) is 0 Å². The van der Waals surface area contributed by atoms with Gasteiger partial charge in [-0.05, 0) is 48.2 Å². The van der Waals surface area contributed by atoms with Crippen LogP contribution in [0.5, 0.6) is 0 Å². The minimum atomic E-state index is -0.492. The van der Waals surface area contributed by atoms with Crippen LogP contribution in [0.4, 0.5) is 0 Å². The number of nitrogens with zero attached hydrogens (tertiary/aromatic N) is 1. The number of esters is 1. The molecule has 0 amide bonds. The molecule has 3 heteroatoms. The van der Waals surface area contributed by atoms with Crippen LogP contribution in [-0.4, -0.2) is 13.1 Å². The molecule has 0 spiro atoms. The molecule has 0 saturated carbocycles. The molecule has 0 atom stereocenters. The summed E-state index contributed by atoms with van der Waals surface area (Å²) in [6.07, 6.45) is 0. The van der Waals surface area contributed by atoms with Crippen LogP contribution in [0.15, 0.2) is 36.4 Å². The Bertz CT molecular complexity index is 711. The quantitative estimate of drug-likeness (QED) is 0.779. The Balaban J connectivity index is 2.58. The molecule has 0 N–H and O–H groups in total. The third-order valence-corrected chi connectivity index (χ3v) is 3.46. The predicted molar refractivity (Wildman–Crippen MR) is 77.4 cm³/mol. The Kier molecular flexibility index (Phi) is 3.86. The van der Waals surface area contributed by atoms with E-state index >= 15 is 0 Å². The average molecular weight is 265 g/mol. The second kappa shape index (κ2) is 5.58. The minimum absolute atomic E-state index is 0.295. The van der Waals surface area contributed by atoms with Crippen molar-refractivity contribution >= 4 is 5.97 Å². The highest BCUT2D eigenvalue weighted by atomic mass is 16.5. The van der Waals surface area contributed by atoms with Crippen LogP contribution in [0.1, 0.15) is 27.0 Å². The van der Waals surface area contributed by atoms with Crippen molar-refractivity contribution in [1.82, 2.24) is 0 Å². The van der Waals surface area contributed by atoms with Gasteiger partial charge in [0.25, 0.3) is 0 Å². The molecule has 0 radical (unpaired) electrons. The zero-order valence-corrected chi connectivity index (χ0v) is 11.7. The Morgan fingerprint density at radius 1 is 1.20 bits per heavy atom. The lowest BCUT2D eigenvalue weighted by molar-refractivity contribution is 0.0600. The van der Waals surface area contributed by atoms with E-state index in [1.165, 1.54) is 18.2 Å². The Morgan fingerprint density at radius 2 is 1.95 bits per heavy atom. The SMILES string of the molecule is COC(=O)c1ccc(-c2cccc(C)c2C)cc1C#N. The number of benzene rings is 2. The maximum absolute atomic E-state index is 11.6. The smallest absolute Gasteiger partial charge is 0.339 e. The van der Waals surface area contributed by atoms with Gasteiger partial charge in [-0.15, -0.1) is 0 Å². The molecule has 0 aromatic heterocycles. The topological polar surface area (TPSA) is 50.1 Å². The molecule has 0 fully saturated rings. The maximum Gasteiger partial charge on any atom is 0.339 e. The summed E-state index contributed by atoms with van der Waals surface area (Å²) < 4.78 is 4.68. The number of hydrogen-bond acceptors (Lipinski definition) is 3. The largest absolute Gasteiger partial charge is 0.465 e. The fraction of sp³-hybridized carbons (Fsp3) is 0.176. The van der Waals surface area contributed by atoms with Crippen molar-refractivity contribution in [3.8, 4) is 17.2 Å². The minimum Gasteiger partial charge on any atom is -0.465 e. The number of rotatable bonds is 2. The Hall–Kier alpha value is -2.60. The van der Waals surface area contributed by atoms with E-state index in [2.05, 4.69) is 10.8 Å². The van der Waals surface area contributed by atoms with E-state index in [1.54, 1.807) is 12.1 Å². The molecule has 20 heavy (non-hydrogen) atoms. The van der Waals surface area contributed by atoms with Crippen molar-refractivity contribution in [2.45, 2.75) is 13.8 Å². The average Bonchev–Trinajstić information content (AvgIpc) is 2.48. The molecule has 2 rings (SSSR count). The van der Waals surface area contributed by atoms with E-state index < -0.39 is 5.97 Å². The second-order valence-electron chi connectivity index (χ2n) is 4.61.